The van der Waals surface area contributed by atoms with Crippen molar-refractivity contribution in [3.05, 3.63) is 36.5 Å². The molecule has 0 aromatic carbocycles. The van der Waals surface area contributed by atoms with E-state index in [2.05, 4.69) is 54.8 Å². The largest absolute Gasteiger partial charge is 0.472 e. The predicted octanol–water partition coefficient (Wildman–Crippen LogP) is 11.3. The van der Waals surface area contributed by atoms with E-state index in [0.717, 1.165) is 84.2 Å². The van der Waals surface area contributed by atoms with Gasteiger partial charge in [0.25, 0.3) is 0 Å². The number of hydrogen-bond acceptors (Lipinski definition) is 7. The molecule has 0 aromatic rings. The molecule has 2 unspecified atom stereocenters. The fraction of sp³-hybridized carbons (Fsp3) is 0.789. The highest BCUT2D eigenvalue weighted by molar-refractivity contribution is 7.47. The maximum absolute atomic E-state index is 12.4. The highest BCUT2D eigenvalue weighted by Crippen LogP contribution is 2.42. The lowest BCUT2D eigenvalue weighted by Gasteiger charge is -2.19. The molecule has 1 N–H and O–H groups in total. The third kappa shape index (κ3) is 33.9. The first-order chi connectivity index (χ1) is 22.8. The van der Waals surface area contributed by atoms with Crippen molar-refractivity contribution in [2.75, 3.05) is 20.3 Å². The van der Waals surface area contributed by atoms with E-state index < -0.39 is 26.5 Å². The molecule has 0 aliphatic carbocycles. The molecule has 0 fully saturated rings. The summed E-state index contributed by atoms with van der Waals surface area (Å²) in [6, 6.07) is 0. The summed E-state index contributed by atoms with van der Waals surface area (Å²) in [5.74, 6) is -0.832. The molecule has 2 atom stereocenters. The van der Waals surface area contributed by atoms with E-state index in [-0.39, 0.29) is 25.4 Å². The van der Waals surface area contributed by atoms with Crippen LogP contribution < -0.4 is 0 Å². The number of esters is 2. The van der Waals surface area contributed by atoms with Crippen molar-refractivity contribution in [2.24, 2.45) is 0 Å². The maximum Gasteiger partial charge on any atom is 0.472 e. The summed E-state index contributed by atoms with van der Waals surface area (Å²) in [4.78, 5) is 34.3. The standard InChI is InChI=1S/C38H69O8P/c1-4-6-8-10-12-14-16-18-19-20-21-23-25-27-29-31-33-38(40)46-36(35-45-47(41,42)43-3)34-44-37(39)32-30-28-26-24-22-17-15-13-11-9-7-5-2/h13-16,19-20,36H,4-12,17-18,21-35H2,1-3H3,(H,41,42)/b15-13-,16-14-,20-19-. The SMILES string of the molecule is CCCCC/C=C\CCCCCCCC(=O)OCC(COP(=O)(O)OC)OC(=O)CCCCCCC/C=C\C/C=C\CCCCCC. The number of phosphoric acid groups is 1. The van der Waals surface area contributed by atoms with E-state index in [4.69, 9.17) is 14.0 Å². The van der Waals surface area contributed by atoms with Gasteiger partial charge in [-0.2, -0.15) is 0 Å². The lowest BCUT2D eigenvalue weighted by atomic mass is 10.1. The van der Waals surface area contributed by atoms with Crippen molar-refractivity contribution in [1.29, 1.82) is 0 Å². The zero-order valence-electron chi connectivity index (χ0n) is 30.2. The Morgan fingerprint density at radius 3 is 1.55 bits per heavy atom. The zero-order valence-corrected chi connectivity index (χ0v) is 31.1. The van der Waals surface area contributed by atoms with Crippen molar-refractivity contribution in [1.82, 2.24) is 0 Å². The normalized spacial score (nSPS) is 13.9. The van der Waals surface area contributed by atoms with Gasteiger partial charge in [-0.1, -0.05) is 121 Å². The molecule has 0 heterocycles. The molecule has 0 saturated carbocycles. The second kappa shape index (κ2) is 34.1. The van der Waals surface area contributed by atoms with Gasteiger partial charge in [-0.25, -0.2) is 4.57 Å². The third-order valence-electron chi connectivity index (χ3n) is 7.86. The van der Waals surface area contributed by atoms with Gasteiger partial charge in [0.2, 0.25) is 0 Å². The first kappa shape index (κ1) is 45.3. The summed E-state index contributed by atoms with van der Waals surface area (Å²) in [6.07, 6.45) is 37.6. The average Bonchev–Trinajstić information content (AvgIpc) is 3.06. The van der Waals surface area contributed by atoms with Crippen LogP contribution in [0.5, 0.6) is 0 Å². The molecule has 0 aromatic heterocycles. The minimum absolute atomic E-state index is 0.227. The van der Waals surface area contributed by atoms with Gasteiger partial charge in [-0.05, 0) is 70.6 Å². The Hall–Kier alpha value is -1.73. The van der Waals surface area contributed by atoms with Gasteiger partial charge in [-0.15, -0.1) is 0 Å². The lowest BCUT2D eigenvalue weighted by molar-refractivity contribution is -0.161. The summed E-state index contributed by atoms with van der Waals surface area (Å²) < 4.78 is 31.8. The van der Waals surface area contributed by atoms with Crippen LogP contribution in [0.1, 0.15) is 168 Å². The molecule has 274 valence electrons. The quantitative estimate of drug-likeness (QED) is 0.0309. The molecule has 47 heavy (non-hydrogen) atoms. The number of carbonyl (C=O) groups is 2. The maximum atomic E-state index is 12.4. The Bertz CT molecular complexity index is 870. The molecule has 0 spiro atoms. The Morgan fingerprint density at radius 2 is 1.02 bits per heavy atom. The van der Waals surface area contributed by atoms with Crippen molar-refractivity contribution in [2.45, 2.75) is 174 Å². The number of allylic oxidation sites excluding steroid dienone is 6. The van der Waals surface area contributed by atoms with Crippen LogP contribution in [0.2, 0.25) is 0 Å². The minimum Gasteiger partial charge on any atom is -0.462 e. The van der Waals surface area contributed by atoms with E-state index in [1.54, 1.807) is 0 Å². The summed E-state index contributed by atoms with van der Waals surface area (Å²) >= 11 is 0. The van der Waals surface area contributed by atoms with E-state index >= 15 is 0 Å². The average molecular weight is 685 g/mol. The smallest absolute Gasteiger partial charge is 0.462 e. The number of phosphoric ester groups is 1. The topological polar surface area (TPSA) is 108 Å². The molecule has 0 bridgehead atoms. The van der Waals surface area contributed by atoms with Crippen molar-refractivity contribution >= 4 is 19.8 Å². The summed E-state index contributed by atoms with van der Waals surface area (Å²) in [5, 5.41) is 0. The van der Waals surface area contributed by atoms with Crippen LogP contribution in [0.25, 0.3) is 0 Å². The monoisotopic (exact) mass is 684 g/mol. The molecular weight excluding hydrogens is 615 g/mol. The van der Waals surface area contributed by atoms with Gasteiger partial charge in [0, 0.05) is 20.0 Å². The Balaban J connectivity index is 4.11. The molecule has 0 rings (SSSR count). The lowest BCUT2D eigenvalue weighted by Crippen LogP contribution is -2.29. The number of rotatable bonds is 34. The molecule has 0 aliphatic rings. The Kier molecular flexibility index (Phi) is 32.9. The van der Waals surface area contributed by atoms with Crippen molar-refractivity contribution in [3.63, 3.8) is 0 Å². The molecule has 0 aliphatic heterocycles. The second-order valence-corrected chi connectivity index (χ2v) is 13.9. The molecule has 0 radical (unpaired) electrons. The van der Waals surface area contributed by atoms with Crippen LogP contribution in [-0.2, 0) is 32.7 Å². The zero-order chi connectivity index (χ0) is 34.7. The van der Waals surface area contributed by atoms with Gasteiger partial charge >= 0.3 is 19.8 Å². The summed E-state index contributed by atoms with van der Waals surface area (Å²) in [6.45, 7) is 3.81. The fourth-order valence-corrected chi connectivity index (χ4v) is 5.38. The summed E-state index contributed by atoms with van der Waals surface area (Å²) in [7, 11) is -3.21. The van der Waals surface area contributed by atoms with Crippen LogP contribution in [0, 0.1) is 0 Å². The molecular formula is C38H69O8P. The van der Waals surface area contributed by atoms with Crippen LogP contribution >= 0.6 is 7.82 Å². The first-order valence-electron chi connectivity index (χ1n) is 18.7. The van der Waals surface area contributed by atoms with Crippen LogP contribution in [0.4, 0.5) is 0 Å². The molecule has 9 heteroatoms. The number of hydrogen-bond donors (Lipinski definition) is 1. The highest BCUT2D eigenvalue weighted by Gasteiger charge is 2.24. The van der Waals surface area contributed by atoms with Gasteiger partial charge in [-0.3, -0.25) is 18.6 Å². The van der Waals surface area contributed by atoms with E-state index in [9.17, 15) is 19.0 Å². The predicted molar refractivity (Wildman–Crippen MR) is 193 cm³/mol. The summed E-state index contributed by atoms with van der Waals surface area (Å²) in [5.41, 5.74) is 0. The number of carbonyl (C=O) groups excluding carboxylic acids is 2. The Morgan fingerprint density at radius 1 is 0.596 bits per heavy atom. The first-order valence-corrected chi connectivity index (χ1v) is 20.2. The van der Waals surface area contributed by atoms with Crippen LogP contribution in [-0.4, -0.2) is 43.3 Å². The van der Waals surface area contributed by atoms with Gasteiger partial charge in [0.15, 0.2) is 6.10 Å². The van der Waals surface area contributed by atoms with Crippen LogP contribution in [0.15, 0.2) is 36.5 Å². The van der Waals surface area contributed by atoms with E-state index in [0.29, 0.717) is 6.42 Å². The van der Waals surface area contributed by atoms with Crippen LogP contribution in [0.3, 0.4) is 0 Å². The van der Waals surface area contributed by atoms with Crippen molar-refractivity contribution < 1.29 is 37.6 Å². The van der Waals surface area contributed by atoms with E-state index in [1.165, 1.54) is 57.8 Å². The van der Waals surface area contributed by atoms with Gasteiger partial charge < -0.3 is 14.4 Å². The van der Waals surface area contributed by atoms with E-state index in [1.807, 2.05) is 0 Å². The fourth-order valence-electron chi connectivity index (χ4n) is 4.92. The molecule has 8 nitrogen and oxygen atoms in total. The van der Waals surface area contributed by atoms with Gasteiger partial charge in [0.1, 0.15) is 6.61 Å². The Labute approximate surface area is 287 Å². The number of ether oxygens (including phenoxy) is 2. The van der Waals surface area contributed by atoms with Gasteiger partial charge in [0.05, 0.1) is 6.61 Å². The minimum atomic E-state index is -4.26. The van der Waals surface area contributed by atoms with Crippen molar-refractivity contribution in [3.8, 4) is 0 Å². The second-order valence-electron chi connectivity index (χ2n) is 12.3. The number of unbranched alkanes of at least 4 members (excludes halogenated alkanes) is 17. The third-order valence-corrected chi connectivity index (χ3v) is 8.79. The molecule has 0 amide bonds. The highest BCUT2D eigenvalue weighted by atomic mass is 31.2. The molecule has 0 saturated heterocycles.